The molecule has 0 radical (unpaired) electrons. The van der Waals surface area contributed by atoms with Crippen molar-refractivity contribution in [1.29, 1.82) is 0 Å². The fourth-order valence-corrected chi connectivity index (χ4v) is 6.04. The van der Waals surface area contributed by atoms with Crippen molar-refractivity contribution in [1.82, 2.24) is 0 Å². The van der Waals surface area contributed by atoms with E-state index in [2.05, 4.69) is 91.3 Å². The van der Waals surface area contributed by atoms with E-state index in [-0.39, 0.29) is 19.4 Å². The smallest absolute Gasteiger partial charge is 0.462 e. The van der Waals surface area contributed by atoms with Gasteiger partial charge >= 0.3 is 19.8 Å². The minimum Gasteiger partial charge on any atom is -0.462 e. The molecule has 0 aromatic carbocycles. The average Bonchev–Trinajstić information content (AvgIpc) is 3.21. The van der Waals surface area contributed by atoms with Gasteiger partial charge in [0.05, 0.1) is 19.8 Å². The minimum absolute atomic E-state index is 0.152. The molecule has 0 aliphatic rings. The molecule has 58 heavy (non-hydrogen) atoms. The van der Waals surface area contributed by atoms with E-state index < -0.39 is 51.8 Å². The lowest BCUT2D eigenvalue weighted by Crippen LogP contribution is -2.29. The molecule has 0 spiro atoms. The number of aliphatic hydroxyl groups is 2. The molecule has 0 rings (SSSR count). The summed E-state index contributed by atoms with van der Waals surface area (Å²) in [4.78, 5) is 35.0. The number of phosphoric ester groups is 1. The number of ether oxygens (including phenoxy) is 2. The molecule has 0 aliphatic carbocycles. The third kappa shape index (κ3) is 41.1. The topological polar surface area (TPSA) is 149 Å². The average molecular weight is 833 g/mol. The third-order valence-electron chi connectivity index (χ3n) is 8.54. The largest absolute Gasteiger partial charge is 0.472 e. The van der Waals surface area contributed by atoms with Gasteiger partial charge in [-0.15, -0.1) is 0 Å². The fourth-order valence-electron chi connectivity index (χ4n) is 5.25. The van der Waals surface area contributed by atoms with E-state index in [0.717, 1.165) is 109 Å². The van der Waals surface area contributed by atoms with Gasteiger partial charge in [0.2, 0.25) is 0 Å². The third-order valence-corrected chi connectivity index (χ3v) is 9.50. The molecular weight excluding hydrogens is 755 g/mol. The van der Waals surface area contributed by atoms with Crippen LogP contribution in [-0.4, -0.2) is 65.7 Å². The number of carbonyl (C=O) groups excluding carboxylic acids is 2. The number of unbranched alkanes of at least 4 members (excludes halogenated alkanes) is 11. The van der Waals surface area contributed by atoms with E-state index in [4.69, 9.17) is 19.1 Å². The molecule has 0 heterocycles. The van der Waals surface area contributed by atoms with Crippen LogP contribution in [0.5, 0.6) is 0 Å². The van der Waals surface area contributed by atoms with Gasteiger partial charge in [-0.2, -0.15) is 0 Å². The molecule has 0 saturated heterocycles. The lowest BCUT2D eigenvalue weighted by molar-refractivity contribution is -0.161. The summed E-state index contributed by atoms with van der Waals surface area (Å²) in [5.41, 5.74) is 0. The van der Waals surface area contributed by atoms with Gasteiger partial charge in [0, 0.05) is 12.8 Å². The van der Waals surface area contributed by atoms with Crippen LogP contribution in [0.3, 0.4) is 0 Å². The number of hydrogen-bond donors (Lipinski definition) is 3. The standard InChI is InChI=1S/C47H77O10P/c1-3-5-7-9-11-13-15-17-18-19-20-21-22-23-24-25-27-28-30-32-34-36-38-46(50)54-42-45(43-56-58(52,53)55-41-44(49)40-48)57-47(51)39-37-35-33-31-29-26-16-14-12-10-8-6-4-2/h5-8,10-14,16-18,20-21,23-24,44-45,48-49H,3-4,9,15,19,22,25-43H2,1-2H3,(H,52,53)/b7-5+,8-6+,12-10+,13-11+,16-14+,18-17+,21-20+,24-23+/t44-,45?/m1/s1. The molecule has 0 aromatic rings. The van der Waals surface area contributed by atoms with Gasteiger partial charge in [-0.1, -0.05) is 156 Å². The number of rotatable bonds is 39. The van der Waals surface area contributed by atoms with Crippen molar-refractivity contribution < 1.29 is 47.8 Å². The SMILES string of the molecule is CC/C=C/C=C/C=C/CCCCCCCC(=O)OC(COC(=O)CCCCCCCC/C=C/C/C=C/C/C=C/C/C=C/C/C=C/CC)COP(=O)(O)OC[C@H](O)CO. The summed E-state index contributed by atoms with van der Waals surface area (Å²) < 4.78 is 32.7. The van der Waals surface area contributed by atoms with E-state index in [1.165, 1.54) is 0 Å². The molecule has 0 amide bonds. The summed E-state index contributed by atoms with van der Waals surface area (Å²) >= 11 is 0. The van der Waals surface area contributed by atoms with Crippen LogP contribution in [-0.2, 0) is 32.7 Å². The molecule has 0 bridgehead atoms. The predicted molar refractivity (Wildman–Crippen MR) is 237 cm³/mol. The summed E-state index contributed by atoms with van der Waals surface area (Å²) in [5, 5.41) is 18.3. The fraction of sp³-hybridized carbons (Fsp3) is 0.617. The second kappa shape index (κ2) is 42.0. The van der Waals surface area contributed by atoms with Gasteiger partial charge in [0.25, 0.3) is 0 Å². The molecule has 330 valence electrons. The molecule has 0 aromatic heterocycles. The van der Waals surface area contributed by atoms with E-state index in [9.17, 15) is 24.2 Å². The van der Waals surface area contributed by atoms with E-state index in [1.807, 2.05) is 24.3 Å². The zero-order valence-electron chi connectivity index (χ0n) is 35.7. The molecule has 10 nitrogen and oxygen atoms in total. The maximum atomic E-state index is 12.6. The highest BCUT2D eigenvalue weighted by atomic mass is 31.2. The van der Waals surface area contributed by atoms with E-state index in [0.29, 0.717) is 12.8 Å². The summed E-state index contributed by atoms with van der Waals surface area (Å²) in [6.07, 6.45) is 50.9. The van der Waals surface area contributed by atoms with E-state index in [1.54, 1.807) is 0 Å². The van der Waals surface area contributed by atoms with Gasteiger partial charge in [-0.05, 0) is 77.0 Å². The summed E-state index contributed by atoms with van der Waals surface area (Å²) in [5.74, 6) is -0.977. The first kappa shape index (κ1) is 54.9. The quantitative estimate of drug-likeness (QED) is 0.0180. The Morgan fingerprint density at radius 2 is 0.983 bits per heavy atom. The van der Waals surface area contributed by atoms with Gasteiger partial charge < -0.3 is 24.6 Å². The normalized spacial score (nSPS) is 14.8. The number of hydrogen-bond acceptors (Lipinski definition) is 9. The summed E-state index contributed by atoms with van der Waals surface area (Å²) in [6, 6.07) is 0. The molecule has 0 aliphatic heterocycles. The zero-order valence-corrected chi connectivity index (χ0v) is 36.6. The van der Waals surface area contributed by atoms with Crippen LogP contribution in [0, 0.1) is 0 Å². The second-order valence-corrected chi connectivity index (χ2v) is 15.5. The highest BCUT2D eigenvalue weighted by Gasteiger charge is 2.27. The molecule has 0 fully saturated rings. The van der Waals surface area contributed by atoms with Crippen molar-refractivity contribution in [3.8, 4) is 0 Å². The molecule has 3 N–H and O–H groups in total. The molecule has 11 heteroatoms. The molecule has 3 atom stereocenters. The molecule has 0 saturated carbocycles. The molecule has 2 unspecified atom stereocenters. The Morgan fingerprint density at radius 1 is 0.534 bits per heavy atom. The second-order valence-electron chi connectivity index (χ2n) is 14.0. The maximum Gasteiger partial charge on any atom is 0.472 e. The zero-order chi connectivity index (χ0) is 42.6. The van der Waals surface area contributed by atoms with Crippen molar-refractivity contribution in [2.24, 2.45) is 0 Å². The first-order valence-electron chi connectivity index (χ1n) is 21.7. The van der Waals surface area contributed by atoms with Crippen molar-refractivity contribution in [2.75, 3.05) is 26.4 Å². The Bertz CT molecular complexity index is 1280. The van der Waals surface area contributed by atoms with Crippen LogP contribution in [0.15, 0.2) is 97.2 Å². The highest BCUT2D eigenvalue weighted by Crippen LogP contribution is 2.43. The molecular formula is C47H77O10P. The monoisotopic (exact) mass is 833 g/mol. The summed E-state index contributed by atoms with van der Waals surface area (Å²) in [7, 11) is -4.63. The van der Waals surface area contributed by atoms with Crippen LogP contribution in [0.4, 0.5) is 0 Å². The van der Waals surface area contributed by atoms with Gasteiger partial charge in [0.1, 0.15) is 12.7 Å². The van der Waals surface area contributed by atoms with Crippen LogP contribution in [0.25, 0.3) is 0 Å². The number of esters is 2. The van der Waals surface area contributed by atoms with E-state index >= 15 is 0 Å². The van der Waals surface area contributed by atoms with Crippen LogP contribution < -0.4 is 0 Å². The maximum absolute atomic E-state index is 12.6. The number of aliphatic hydroxyl groups excluding tert-OH is 2. The number of allylic oxidation sites excluding steroid dienone is 16. The van der Waals surface area contributed by atoms with Crippen molar-refractivity contribution >= 4 is 19.8 Å². The highest BCUT2D eigenvalue weighted by molar-refractivity contribution is 7.47. The predicted octanol–water partition coefficient (Wildman–Crippen LogP) is 11.6. The van der Waals surface area contributed by atoms with Gasteiger partial charge in [-0.25, -0.2) is 4.57 Å². The first-order chi connectivity index (χ1) is 28.2. The lowest BCUT2D eigenvalue weighted by Gasteiger charge is -2.20. The number of phosphoric acid groups is 1. The Morgan fingerprint density at radius 3 is 1.53 bits per heavy atom. The van der Waals surface area contributed by atoms with Gasteiger partial charge in [-0.3, -0.25) is 18.6 Å². The first-order valence-corrected chi connectivity index (χ1v) is 23.2. The Labute approximate surface area is 351 Å². The van der Waals surface area contributed by atoms with Crippen molar-refractivity contribution in [3.05, 3.63) is 97.2 Å². The Balaban J connectivity index is 4.32. The Hall–Kier alpha value is -3.11. The van der Waals surface area contributed by atoms with Crippen molar-refractivity contribution in [3.63, 3.8) is 0 Å². The van der Waals surface area contributed by atoms with Crippen molar-refractivity contribution in [2.45, 2.75) is 161 Å². The summed E-state index contributed by atoms with van der Waals surface area (Å²) in [6.45, 7) is 2.06. The van der Waals surface area contributed by atoms with Crippen LogP contribution >= 0.6 is 7.82 Å². The lowest BCUT2D eigenvalue weighted by atomic mass is 10.1. The van der Waals surface area contributed by atoms with Crippen LogP contribution in [0.2, 0.25) is 0 Å². The Kier molecular flexibility index (Phi) is 39.8. The minimum atomic E-state index is -4.63. The van der Waals surface area contributed by atoms with Gasteiger partial charge in [0.15, 0.2) is 6.10 Å². The van der Waals surface area contributed by atoms with Crippen LogP contribution in [0.1, 0.15) is 149 Å². The number of carbonyl (C=O) groups is 2.